The second-order valence-electron chi connectivity index (χ2n) is 5.38. The molecule has 2 heteroatoms. The fraction of sp³-hybridized carbons (Fsp3) is 0.533. The number of nitriles is 1. The molecule has 0 aliphatic carbocycles. The molecule has 92 valence electrons. The van der Waals surface area contributed by atoms with Crippen LogP contribution in [-0.2, 0) is 0 Å². The third-order valence-electron chi connectivity index (χ3n) is 3.23. The van der Waals surface area contributed by atoms with Crippen molar-refractivity contribution in [2.45, 2.75) is 39.7 Å². The predicted octanol–water partition coefficient (Wildman–Crippen LogP) is 3.62. The lowest BCUT2D eigenvalue weighted by Crippen LogP contribution is -2.30. The Morgan fingerprint density at radius 3 is 1.94 bits per heavy atom. The maximum absolute atomic E-state index is 9.21. The molecule has 1 aromatic carbocycles. The Morgan fingerprint density at radius 2 is 1.59 bits per heavy atom. The van der Waals surface area contributed by atoms with E-state index in [-0.39, 0.29) is 6.04 Å². The van der Waals surface area contributed by atoms with Crippen molar-refractivity contribution in [3.8, 4) is 6.07 Å². The highest BCUT2D eigenvalue weighted by atomic mass is 14.9. The van der Waals surface area contributed by atoms with Crippen LogP contribution in [0.25, 0.3) is 0 Å². The molecule has 1 aromatic rings. The molecule has 0 amide bonds. The Bertz CT molecular complexity index is 396. The van der Waals surface area contributed by atoms with Crippen LogP contribution in [0.3, 0.4) is 0 Å². The largest absolute Gasteiger partial charge is 0.312 e. The molecule has 0 aromatic heterocycles. The van der Waals surface area contributed by atoms with Gasteiger partial charge in [-0.1, -0.05) is 38.1 Å². The van der Waals surface area contributed by atoms with Crippen molar-refractivity contribution in [3.05, 3.63) is 35.4 Å². The topological polar surface area (TPSA) is 35.8 Å². The van der Waals surface area contributed by atoms with Crippen LogP contribution in [0.5, 0.6) is 0 Å². The average molecular weight is 230 g/mol. The Labute approximate surface area is 105 Å². The van der Waals surface area contributed by atoms with Crippen LogP contribution in [0.2, 0.25) is 0 Å². The molecule has 0 bridgehead atoms. The van der Waals surface area contributed by atoms with E-state index in [0.717, 1.165) is 0 Å². The van der Waals surface area contributed by atoms with Crippen LogP contribution in [0, 0.1) is 16.7 Å². The highest BCUT2D eigenvalue weighted by Crippen LogP contribution is 2.32. The Morgan fingerprint density at radius 1 is 1.12 bits per heavy atom. The Hall–Kier alpha value is -1.33. The number of nitrogens with zero attached hydrogens (tertiary/aromatic N) is 1. The smallest absolute Gasteiger partial charge is 0.0712 e. The number of hydrogen-bond donors (Lipinski definition) is 1. The molecule has 0 saturated carbocycles. The molecule has 1 N–H and O–H groups in total. The van der Waals surface area contributed by atoms with Crippen molar-refractivity contribution in [2.75, 3.05) is 7.05 Å². The number of rotatable bonds is 4. The first-order valence-corrected chi connectivity index (χ1v) is 6.10. The second-order valence-corrected chi connectivity index (χ2v) is 5.38. The van der Waals surface area contributed by atoms with Crippen molar-refractivity contribution >= 4 is 0 Å². The molecule has 1 rings (SSSR count). The third kappa shape index (κ3) is 3.08. The first-order valence-electron chi connectivity index (χ1n) is 6.10. The minimum atomic E-state index is -0.409. The SMILES string of the molecule is CNC(c1ccc(C(C)C)cc1)C(C)(C)C#N. The summed E-state index contributed by atoms with van der Waals surface area (Å²) in [6.45, 7) is 8.29. The first kappa shape index (κ1) is 13.7. The molecule has 0 spiro atoms. The zero-order valence-corrected chi connectivity index (χ0v) is 11.4. The van der Waals surface area contributed by atoms with Crippen LogP contribution in [0.1, 0.15) is 50.8 Å². The summed E-state index contributed by atoms with van der Waals surface area (Å²) in [5.74, 6) is 0.543. The minimum absolute atomic E-state index is 0.0636. The highest BCUT2D eigenvalue weighted by Gasteiger charge is 2.29. The zero-order chi connectivity index (χ0) is 13.1. The van der Waals surface area contributed by atoms with Crippen LogP contribution < -0.4 is 5.32 Å². The van der Waals surface area contributed by atoms with Gasteiger partial charge in [0.05, 0.1) is 17.5 Å². The molecule has 0 aliphatic heterocycles. The van der Waals surface area contributed by atoms with Gasteiger partial charge in [-0.05, 0) is 37.9 Å². The van der Waals surface area contributed by atoms with Crippen LogP contribution in [0.4, 0.5) is 0 Å². The standard InChI is InChI=1S/C15H22N2/c1-11(2)12-6-8-13(9-7-12)14(17-5)15(3,4)10-16/h6-9,11,14,17H,1-5H3. The van der Waals surface area contributed by atoms with Gasteiger partial charge in [0, 0.05) is 0 Å². The van der Waals surface area contributed by atoms with Gasteiger partial charge in [-0.25, -0.2) is 0 Å². The van der Waals surface area contributed by atoms with E-state index in [2.05, 4.69) is 49.5 Å². The van der Waals surface area contributed by atoms with Crippen molar-refractivity contribution in [3.63, 3.8) is 0 Å². The molecule has 0 radical (unpaired) electrons. The zero-order valence-electron chi connectivity index (χ0n) is 11.4. The summed E-state index contributed by atoms with van der Waals surface area (Å²) in [7, 11) is 1.90. The molecular weight excluding hydrogens is 208 g/mol. The fourth-order valence-electron chi connectivity index (χ4n) is 2.08. The fourth-order valence-corrected chi connectivity index (χ4v) is 2.08. The number of benzene rings is 1. The van der Waals surface area contributed by atoms with Crippen LogP contribution >= 0.6 is 0 Å². The van der Waals surface area contributed by atoms with Gasteiger partial charge >= 0.3 is 0 Å². The summed E-state index contributed by atoms with van der Waals surface area (Å²) in [5, 5.41) is 12.4. The van der Waals surface area contributed by atoms with Gasteiger partial charge in [-0.3, -0.25) is 0 Å². The van der Waals surface area contributed by atoms with Gasteiger partial charge in [-0.15, -0.1) is 0 Å². The summed E-state index contributed by atoms with van der Waals surface area (Å²) in [5.41, 5.74) is 2.09. The van der Waals surface area contributed by atoms with Crippen LogP contribution in [0.15, 0.2) is 24.3 Å². The van der Waals surface area contributed by atoms with Gasteiger partial charge in [0.2, 0.25) is 0 Å². The summed E-state index contributed by atoms with van der Waals surface area (Å²) in [6.07, 6.45) is 0. The van der Waals surface area contributed by atoms with Crippen molar-refractivity contribution < 1.29 is 0 Å². The van der Waals surface area contributed by atoms with E-state index in [9.17, 15) is 5.26 Å². The maximum Gasteiger partial charge on any atom is 0.0712 e. The lowest BCUT2D eigenvalue weighted by Gasteiger charge is -2.28. The highest BCUT2D eigenvalue weighted by molar-refractivity contribution is 5.29. The molecule has 1 unspecified atom stereocenters. The third-order valence-corrected chi connectivity index (χ3v) is 3.23. The molecular formula is C15H22N2. The molecule has 0 heterocycles. The van der Waals surface area contributed by atoms with E-state index in [4.69, 9.17) is 0 Å². The van der Waals surface area contributed by atoms with E-state index in [0.29, 0.717) is 5.92 Å². The molecule has 2 nitrogen and oxygen atoms in total. The lowest BCUT2D eigenvalue weighted by atomic mass is 9.81. The van der Waals surface area contributed by atoms with Crippen molar-refractivity contribution in [1.82, 2.24) is 5.32 Å². The molecule has 0 saturated heterocycles. The molecule has 1 atom stereocenters. The van der Waals surface area contributed by atoms with E-state index >= 15 is 0 Å². The monoisotopic (exact) mass is 230 g/mol. The normalized spacial score (nSPS) is 13.5. The summed E-state index contributed by atoms with van der Waals surface area (Å²) < 4.78 is 0. The lowest BCUT2D eigenvalue weighted by molar-refractivity contribution is 0.344. The summed E-state index contributed by atoms with van der Waals surface area (Å²) >= 11 is 0. The Kier molecular flexibility index (Phi) is 4.31. The predicted molar refractivity (Wildman–Crippen MR) is 71.7 cm³/mol. The average Bonchev–Trinajstić information content (AvgIpc) is 2.30. The molecule has 17 heavy (non-hydrogen) atoms. The quantitative estimate of drug-likeness (QED) is 0.857. The first-order chi connectivity index (χ1) is 7.92. The molecule has 0 aliphatic rings. The van der Waals surface area contributed by atoms with Gasteiger partial charge < -0.3 is 5.32 Å². The number of nitrogens with one attached hydrogen (secondary N) is 1. The summed E-state index contributed by atoms with van der Waals surface area (Å²) in [6, 6.07) is 11.0. The van der Waals surface area contributed by atoms with E-state index in [1.807, 2.05) is 20.9 Å². The van der Waals surface area contributed by atoms with Gasteiger partial charge in [-0.2, -0.15) is 5.26 Å². The van der Waals surface area contributed by atoms with E-state index in [1.165, 1.54) is 11.1 Å². The van der Waals surface area contributed by atoms with Crippen molar-refractivity contribution in [1.29, 1.82) is 5.26 Å². The van der Waals surface area contributed by atoms with Gasteiger partial charge in [0.15, 0.2) is 0 Å². The summed E-state index contributed by atoms with van der Waals surface area (Å²) in [4.78, 5) is 0. The van der Waals surface area contributed by atoms with Gasteiger partial charge in [0.25, 0.3) is 0 Å². The number of hydrogen-bond acceptors (Lipinski definition) is 2. The van der Waals surface area contributed by atoms with E-state index in [1.54, 1.807) is 0 Å². The minimum Gasteiger partial charge on any atom is -0.312 e. The Balaban J connectivity index is 3.03. The maximum atomic E-state index is 9.21. The van der Waals surface area contributed by atoms with Crippen LogP contribution in [-0.4, -0.2) is 7.05 Å². The van der Waals surface area contributed by atoms with Gasteiger partial charge in [0.1, 0.15) is 0 Å². The molecule has 0 fully saturated rings. The van der Waals surface area contributed by atoms with E-state index < -0.39 is 5.41 Å². The van der Waals surface area contributed by atoms with Crippen molar-refractivity contribution in [2.24, 2.45) is 5.41 Å². The second kappa shape index (κ2) is 5.33.